The number of fused-ring (bicyclic) bond motifs is 1. The Kier molecular flexibility index (Phi) is 3.41. The molecule has 0 aromatic carbocycles. The summed E-state index contributed by atoms with van der Waals surface area (Å²) in [7, 11) is 0. The maximum Gasteiger partial charge on any atom is 0.409 e. The number of carbonyl (C=O) groups is 1. The predicted octanol–water partition coefficient (Wildman–Crippen LogP) is 1.44. The largest absolute Gasteiger partial charge is 0.449 e. The molecule has 0 N–H and O–H groups in total. The van der Waals surface area contributed by atoms with E-state index >= 15 is 0 Å². The van der Waals surface area contributed by atoms with Gasteiger partial charge in [-0.3, -0.25) is 0 Å². The normalized spacial score (nSPS) is 15.1. The summed E-state index contributed by atoms with van der Waals surface area (Å²) in [4.78, 5) is 22.1. The van der Waals surface area contributed by atoms with Gasteiger partial charge in [-0.25, -0.2) is 19.3 Å². The molecule has 4 rings (SSSR count). The van der Waals surface area contributed by atoms with Crippen LogP contribution in [0, 0.1) is 0 Å². The Labute approximate surface area is 132 Å². The molecular formula is C15H16N6O2. The van der Waals surface area contributed by atoms with Crippen LogP contribution >= 0.6 is 0 Å². The molecule has 1 saturated heterocycles. The second-order valence-corrected chi connectivity index (χ2v) is 5.34. The predicted molar refractivity (Wildman–Crippen MR) is 81.7 cm³/mol. The molecule has 1 amide bonds. The lowest BCUT2D eigenvalue weighted by Gasteiger charge is -2.26. The van der Waals surface area contributed by atoms with Crippen molar-refractivity contribution in [2.75, 3.05) is 19.7 Å². The first-order valence-electron chi connectivity index (χ1n) is 7.55. The molecule has 0 aliphatic carbocycles. The minimum absolute atomic E-state index is 0.240. The van der Waals surface area contributed by atoms with Gasteiger partial charge in [-0.15, -0.1) is 0 Å². The van der Waals surface area contributed by atoms with Crippen molar-refractivity contribution in [3.05, 3.63) is 36.9 Å². The highest BCUT2D eigenvalue weighted by Crippen LogP contribution is 2.18. The van der Waals surface area contributed by atoms with E-state index in [1.54, 1.807) is 15.6 Å². The van der Waals surface area contributed by atoms with Crippen LogP contribution in [0.2, 0.25) is 0 Å². The molecule has 23 heavy (non-hydrogen) atoms. The van der Waals surface area contributed by atoms with E-state index in [-0.39, 0.29) is 6.09 Å². The lowest BCUT2D eigenvalue weighted by atomic mass is 10.3. The molecule has 1 aliphatic rings. The van der Waals surface area contributed by atoms with Gasteiger partial charge >= 0.3 is 6.09 Å². The molecule has 0 saturated carbocycles. The zero-order valence-corrected chi connectivity index (χ0v) is 12.5. The lowest BCUT2D eigenvalue weighted by molar-refractivity contribution is 0.0716. The maximum absolute atomic E-state index is 11.7. The van der Waals surface area contributed by atoms with Gasteiger partial charge in [-0.2, -0.15) is 5.10 Å². The fourth-order valence-electron chi connectivity index (χ4n) is 2.77. The topological polar surface area (TPSA) is 77.5 Å². The smallest absolute Gasteiger partial charge is 0.409 e. The number of rotatable bonds is 4. The third-order valence-corrected chi connectivity index (χ3v) is 3.91. The molecule has 0 atom stereocenters. The number of hydrogen-bond donors (Lipinski definition) is 0. The number of hydrogen-bond acceptors (Lipinski definition) is 5. The molecule has 1 fully saturated rings. The minimum atomic E-state index is -0.240. The van der Waals surface area contributed by atoms with Crippen LogP contribution < -0.4 is 0 Å². The number of nitrogens with zero attached hydrogens (tertiary/aromatic N) is 6. The van der Waals surface area contributed by atoms with Crippen molar-refractivity contribution in [3.8, 4) is 11.5 Å². The van der Waals surface area contributed by atoms with Crippen molar-refractivity contribution < 1.29 is 9.53 Å². The van der Waals surface area contributed by atoms with Crippen LogP contribution in [0.25, 0.3) is 17.2 Å². The molecule has 8 heteroatoms. The zero-order valence-electron chi connectivity index (χ0n) is 12.5. The van der Waals surface area contributed by atoms with Crippen LogP contribution in [0.4, 0.5) is 4.79 Å². The summed E-state index contributed by atoms with van der Waals surface area (Å²) in [6, 6.07) is 5.78. The number of aromatic nitrogens is 5. The van der Waals surface area contributed by atoms with E-state index in [0.29, 0.717) is 19.7 Å². The first-order chi connectivity index (χ1) is 11.3. The average molecular weight is 312 g/mol. The van der Waals surface area contributed by atoms with E-state index < -0.39 is 0 Å². The average Bonchev–Trinajstić information content (AvgIpc) is 3.22. The summed E-state index contributed by atoms with van der Waals surface area (Å²) in [5.41, 5.74) is 1.64. The Morgan fingerprint density at radius 3 is 3.09 bits per heavy atom. The monoisotopic (exact) mass is 312 g/mol. The molecular weight excluding hydrogens is 296 g/mol. The summed E-state index contributed by atoms with van der Waals surface area (Å²) in [6.45, 7) is 2.49. The summed E-state index contributed by atoms with van der Waals surface area (Å²) in [6.07, 6.45) is 5.81. The highest BCUT2D eigenvalue weighted by molar-refractivity contribution is 5.68. The first kappa shape index (κ1) is 13.7. The van der Waals surface area contributed by atoms with E-state index in [4.69, 9.17) is 4.74 Å². The van der Waals surface area contributed by atoms with Crippen LogP contribution in [-0.2, 0) is 11.3 Å². The quantitative estimate of drug-likeness (QED) is 0.728. The third kappa shape index (κ3) is 2.52. The molecule has 0 unspecified atom stereocenters. The Bertz CT molecular complexity index is 839. The lowest BCUT2D eigenvalue weighted by Crippen LogP contribution is -2.39. The van der Waals surface area contributed by atoms with Crippen molar-refractivity contribution in [2.45, 2.75) is 13.0 Å². The fourth-order valence-corrected chi connectivity index (χ4v) is 2.77. The van der Waals surface area contributed by atoms with Gasteiger partial charge in [0.1, 0.15) is 12.0 Å². The standard InChI is InChI=1S/C15H16N6O2/c22-15-20(6-2-10-23-15)9-8-19-7-5-16-14(19)12-3-1-4-13-17-11-18-21(12)13/h1,3-5,7,11H,2,6,8-10H2. The van der Waals surface area contributed by atoms with E-state index in [2.05, 4.69) is 15.1 Å². The van der Waals surface area contributed by atoms with Crippen LogP contribution in [-0.4, -0.2) is 54.8 Å². The van der Waals surface area contributed by atoms with Crippen molar-refractivity contribution in [1.29, 1.82) is 0 Å². The van der Waals surface area contributed by atoms with Crippen molar-refractivity contribution in [2.24, 2.45) is 0 Å². The molecule has 1 aliphatic heterocycles. The highest BCUT2D eigenvalue weighted by Gasteiger charge is 2.19. The Hall–Kier alpha value is -2.90. The number of amides is 1. The fraction of sp³-hybridized carbons (Fsp3) is 0.333. The molecule has 3 aromatic heterocycles. The van der Waals surface area contributed by atoms with E-state index in [1.165, 1.54) is 6.33 Å². The number of carbonyl (C=O) groups excluding carboxylic acids is 1. The van der Waals surface area contributed by atoms with Gasteiger partial charge in [-0.05, 0) is 18.6 Å². The van der Waals surface area contributed by atoms with E-state index in [9.17, 15) is 4.79 Å². The van der Waals surface area contributed by atoms with Gasteiger partial charge < -0.3 is 14.2 Å². The van der Waals surface area contributed by atoms with Crippen LogP contribution in [0.3, 0.4) is 0 Å². The first-order valence-corrected chi connectivity index (χ1v) is 7.55. The summed E-state index contributed by atoms with van der Waals surface area (Å²) >= 11 is 0. The van der Waals surface area contributed by atoms with Gasteiger partial charge in [0.2, 0.25) is 0 Å². The van der Waals surface area contributed by atoms with Gasteiger partial charge in [0.15, 0.2) is 11.5 Å². The highest BCUT2D eigenvalue weighted by atomic mass is 16.6. The third-order valence-electron chi connectivity index (χ3n) is 3.91. The Morgan fingerprint density at radius 2 is 2.17 bits per heavy atom. The van der Waals surface area contributed by atoms with Crippen molar-refractivity contribution >= 4 is 11.7 Å². The molecule has 0 bridgehead atoms. The summed E-state index contributed by atoms with van der Waals surface area (Å²) < 4.78 is 8.83. The van der Waals surface area contributed by atoms with Crippen LogP contribution in [0.1, 0.15) is 6.42 Å². The maximum atomic E-state index is 11.7. The van der Waals surface area contributed by atoms with Gasteiger partial charge in [-0.1, -0.05) is 6.07 Å². The molecule has 8 nitrogen and oxygen atoms in total. The SMILES string of the molecule is O=C1OCCCN1CCn1ccnc1-c1cccc2ncnn12. The minimum Gasteiger partial charge on any atom is -0.449 e. The van der Waals surface area contributed by atoms with Crippen LogP contribution in [0.15, 0.2) is 36.9 Å². The zero-order chi connectivity index (χ0) is 15.6. The number of cyclic esters (lactones) is 1. The van der Waals surface area contributed by atoms with E-state index in [0.717, 1.165) is 30.1 Å². The Morgan fingerprint density at radius 1 is 1.22 bits per heavy atom. The van der Waals surface area contributed by atoms with Gasteiger partial charge in [0.25, 0.3) is 0 Å². The molecule has 118 valence electrons. The molecule has 0 radical (unpaired) electrons. The summed E-state index contributed by atoms with van der Waals surface area (Å²) in [5.74, 6) is 0.798. The van der Waals surface area contributed by atoms with Gasteiger partial charge in [0, 0.05) is 32.0 Å². The second-order valence-electron chi connectivity index (χ2n) is 5.34. The molecule has 3 aromatic rings. The van der Waals surface area contributed by atoms with Gasteiger partial charge in [0.05, 0.1) is 6.61 Å². The van der Waals surface area contributed by atoms with Crippen molar-refractivity contribution in [3.63, 3.8) is 0 Å². The molecule has 4 heterocycles. The van der Waals surface area contributed by atoms with Crippen molar-refractivity contribution in [1.82, 2.24) is 29.0 Å². The van der Waals surface area contributed by atoms with Crippen LogP contribution in [0.5, 0.6) is 0 Å². The summed E-state index contributed by atoms with van der Waals surface area (Å²) in [5, 5.41) is 4.25. The van der Waals surface area contributed by atoms with E-state index in [1.807, 2.05) is 29.0 Å². The number of imidazole rings is 1. The Balaban J connectivity index is 1.59. The number of pyridine rings is 1. The number of ether oxygens (including phenoxy) is 1. The molecule has 0 spiro atoms. The second kappa shape index (κ2) is 5.71.